The van der Waals surface area contributed by atoms with Crippen molar-refractivity contribution >= 4 is 38.3 Å². The van der Waals surface area contributed by atoms with Gasteiger partial charge in [0, 0.05) is 41.6 Å². The lowest BCUT2D eigenvalue weighted by molar-refractivity contribution is -0.00744. The van der Waals surface area contributed by atoms with E-state index in [0.29, 0.717) is 25.1 Å². The fourth-order valence-electron chi connectivity index (χ4n) is 5.00. The number of nitrogens with zero attached hydrogens (tertiary/aromatic N) is 3. The van der Waals surface area contributed by atoms with Crippen molar-refractivity contribution < 1.29 is 9.53 Å². The molecule has 0 bridgehead atoms. The standard InChI is InChI=1S/C32H28BrN3O2/c1-35(23-32(38-19-18-34)16-14-25(15-17-32)26-10-7-11-27(33)20-26)31(37)29-22-36(21-24-8-3-2-4-9-24)30-13-6-5-12-28(29)30/h2-16,20,22H,17,19,21,23H2,1H3. The Morgan fingerprint density at radius 3 is 2.63 bits per heavy atom. The number of hydrogen-bond acceptors (Lipinski definition) is 3. The minimum absolute atomic E-state index is 0.0528. The summed E-state index contributed by atoms with van der Waals surface area (Å²) in [6.45, 7) is 0.951. The highest BCUT2D eigenvalue weighted by Gasteiger charge is 2.33. The summed E-state index contributed by atoms with van der Waals surface area (Å²) >= 11 is 3.54. The maximum Gasteiger partial charge on any atom is 0.255 e. The van der Waals surface area contributed by atoms with Gasteiger partial charge in [0.05, 0.1) is 18.2 Å². The van der Waals surface area contributed by atoms with Crippen LogP contribution in [0.25, 0.3) is 16.5 Å². The third-order valence-electron chi connectivity index (χ3n) is 6.88. The van der Waals surface area contributed by atoms with Gasteiger partial charge in [0.25, 0.3) is 5.91 Å². The normalized spacial score (nSPS) is 16.7. The number of hydrogen-bond donors (Lipinski definition) is 0. The number of fused-ring (bicyclic) bond motifs is 1. The highest BCUT2D eigenvalue weighted by Crippen LogP contribution is 2.32. The van der Waals surface area contributed by atoms with Crippen LogP contribution in [0.15, 0.2) is 108 Å². The lowest BCUT2D eigenvalue weighted by atomic mass is 9.88. The van der Waals surface area contributed by atoms with Crippen molar-refractivity contribution in [2.75, 3.05) is 20.2 Å². The number of aromatic nitrogens is 1. The zero-order valence-electron chi connectivity index (χ0n) is 21.2. The van der Waals surface area contributed by atoms with E-state index in [1.54, 1.807) is 11.9 Å². The van der Waals surface area contributed by atoms with Gasteiger partial charge in [-0.15, -0.1) is 0 Å². The predicted octanol–water partition coefficient (Wildman–Crippen LogP) is 6.85. The lowest BCUT2D eigenvalue weighted by Gasteiger charge is -2.35. The van der Waals surface area contributed by atoms with Crippen LogP contribution in [-0.4, -0.2) is 41.2 Å². The van der Waals surface area contributed by atoms with Crippen LogP contribution in [0.5, 0.6) is 0 Å². The number of benzene rings is 3. The van der Waals surface area contributed by atoms with Crippen LogP contribution in [0.4, 0.5) is 0 Å². The molecule has 6 heteroatoms. The average Bonchev–Trinajstić information content (AvgIpc) is 3.30. The molecule has 0 aliphatic heterocycles. The Bertz CT molecular complexity index is 1560. The molecule has 1 aliphatic rings. The second-order valence-electron chi connectivity index (χ2n) is 9.55. The molecule has 190 valence electrons. The Balaban J connectivity index is 1.39. The summed E-state index contributed by atoms with van der Waals surface area (Å²) in [4.78, 5) is 15.5. The quantitative estimate of drug-likeness (QED) is 0.235. The first-order valence-electron chi connectivity index (χ1n) is 12.5. The summed E-state index contributed by atoms with van der Waals surface area (Å²) < 4.78 is 9.19. The molecule has 0 fully saturated rings. The molecule has 0 saturated heterocycles. The Labute approximate surface area is 231 Å². The molecular formula is C32H28BrN3O2. The van der Waals surface area contributed by atoms with E-state index in [1.165, 1.54) is 5.56 Å². The second-order valence-corrected chi connectivity index (χ2v) is 10.5. The third kappa shape index (κ3) is 5.50. The molecule has 0 radical (unpaired) electrons. The third-order valence-corrected chi connectivity index (χ3v) is 7.38. The van der Waals surface area contributed by atoms with Gasteiger partial charge in [-0.3, -0.25) is 4.79 Å². The summed E-state index contributed by atoms with van der Waals surface area (Å²) in [5.41, 5.74) is 4.24. The molecule has 3 aromatic carbocycles. The Hall–Kier alpha value is -3.92. The van der Waals surface area contributed by atoms with Crippen LogP contribution in [-0.2, 0) is 11.3 Å². The fraction of sp³-hybridized carbons (Fsp3) is 0.188. The van der Waals surface area contributed by atoms with Gasteiger partial charge in [-0.05, 0) is 34.9 Å². The molecule has 1 aromatic heterocycles. The average molecular weight is 566 g/mol. The molecule has 38 heavy (non-hydrogen) atoms. The zero-order chi connectivity index (χ0) is 26.5. The largest absolute Gasteiger partial charge is 0.354 e. The van der Waals surface area contributed by atoms with Crippen LogP contribution < -0.4 is 0 Å². The van der Waals surface area contributed by atoms with Crippen molar-refractivity contribution in [3.63, 3.8) is 0 Å². The summed E-state index contributed by atoms with van der Waals surface area (Å²) in [6, 6.07) is 28.4. The summed E-state index contributed by atoms with van der Waals surface area (Å²) in [5, 5.41) is 10.2. The van der Waals surface area contributed by atoms with Gasteiger partial charge in [-0.25, -0.2) is 0 Å². The minimum Gasteiger partial charge on any atom is -0.354 e. The molecule has 0 N–H and O–H groups in total. The molecule has 1 aliphatic carbocycles. The molecule has 0 saturated carbocycles. The molecular weight excluding hydrogens is 538 g/mol. The lowest BCUT2D eigenvalue weighted by Crippen LogP contribution is -2.45. The van der Waals surface area contributed by atoms with Crippen LogP contribution in [0.2, 0.25) is 0 Å². The number of rotatable bonds is 8. The SMILES string of the molecule is CN(CC1(OCC#N)C=CC(c2cccc(Br)c2)=CC1)C(=O)c1cn(Cc2ccccc2)c2ccccc12. The van der Waals surface area contributed by atoms with E-state index >= 15 is 0 Å². The van der Waals surface area contributed by atoms with Gasteiger partial charge in [-0.2, -0.15) is 5.26 Å². The van der Waals surface area contributed by atoms with Gasteiger partial charge in [0.2, 0.25) is 0 Å². The van der Waals surface area contributed by atoms with Gasteiger partial charge in [-0.1, -0.05) is 94.8 Å². The molecule has 1 atom stereocenters. The van der Waals surface area contributed by atoms with Gasteiger partial charge in [0.15, 0.2) is 0 Å². The minimum atomic E-state index is -0.780. The number of likely N-dealkylation sites (N-methyl/N-ethyl adjacent to an activating group) is 1. The zero-order valence-corrected chi connectivity index (χ0v) is 22.8. The van der Waals surface area contributed by atoms with E-state index < -0.39 is 5.60 Å². The van der Waals surface area contributed by atoms with Crippen LogP contribution >= 0.6 is 15.9 Å². The van der Waals surface area contributed by atoms with E-state index in [2.05, 4.69) is 56.9 Å². The van der Waals surface area contributed by atoms with Crippen molar-refractivity contribution in [3.8, 4) is 6.07 Å². The molecule has 4 aromatic rings. The number of allylic oxidation sites excluding steroid dienone is 2. The number of carbonyl (C=O) groups excluding carboxylic acids is 1. The molecule has 1 amide bonds. The number of ether oxygens (including phenoxy) is 1. The number of amides is 1. The predicted molar refractivity (Wildman–Crippen MR) is 155 cm³/mol. The number of nitriles is 1. The summed E-state index contributed by atoms with van der Waals surface area (Å²) in [6.07, 6.45) is 8.63. The van der Waals surface area contributed by atoms with E-state index in [0.717, 1.165) is 26.5 Å². The van der Waals surface area contributed by atoms with E-state index in [-0.39, 0.29) is 12.5 Å². The Kier molecular flexibility index (Phi) is 7.59. The molecule has 5 rings (SSSR count). The first-order valence-corrected chi connectivity index (χ1v) is 13.3. The van der Waals surface area contributed by atoms with Crippen molar-refractivity contribution in [3.05, 3.63) is 124 Å². The second kappa shape index (κ2) is 11.2. The van der Waals surface area contributed by atoms with Crippen molar-refractivity contribution in [2.45, 2.75) is 18.6 Å². The van der Waals surface area contributed by atoms with Crippen LogP contribution in [0.1, 0.15) is 27.9 Å². The summed E-state index contributed by atoms with van der Waals surface area (Å²) in [7, 11) is 1.80. The highest BCUT2D eigenvalue weighted by atomic mass is 79.9. The van der Waals surface area contributed by atoms with E-state index in [9.17, 15) is 10.1 Å². The van der Waals surface area contributed by atoms with Crippen molar-refractivity contribution in [1.29, 1.82) is 5.26 Å². The number of para-hydroxylation sites is 1. The van der Waals surface area contributed by atoms with Crippen LogP contribution in [0.3, 0.4) is 0 Å². The summed E-state index contributed by atoms with van der Waals surface area (Å²) in [5.74, 6) is -0.0805. The molecule has 0 spiro atoms. The van der Waals surface area contributed by atoms with Gasteiger partial charge < -0.3 is 14.2 Å². The number of halogens is 1. The molecule has 1 unspecified atom stereocenters. The topological polar surface area (TPSA) is 58.3 Å². The molecule has 5 nitrogen and oxygen atoms in total. The maximum absolute atomic E-state index is 13.8. The fourth-order valence-corrected chi connectivity index (χ4v) is 5.39. The van der Waals surface area contributed by atoms with E-state index in [4.69, 9.17) is 4.74 Å². The first-order chi connectivity index (χ1) is 18.5. The number of carbonyl (C=O) groups is 1. The first kappa shape index (κ1) is 25.7. The van der Waals surface area contributed by atoms with E-state index in [1.807, 2.05) is 72.9 Å². The van der Waals surface area contributed by atoms with Gasteiger partial charge >= 0.3 is 0 Å². The Morgan fingerprint density at radius 1 is 1.11 bits per heavy atom. The monoisotopic (exact) mass is 565 g/mol. The molecule has 1 heterocycles. The van der Waals surface area contributed by atoms with Crippen molar-refractivity contribution in [2.24, 2.45) is 0 Å². The Morgan fingerprint density at radius 2 is 1.89 bits per heavy atom. The smallest absolute Gasteiger partial charge is 0.255 e. The maximum atomic E-state index is 13.8. The van der Waals surface area contributed by atoms with Crippen LogP contribution in [0, 0.1) is 11.3 Å². The van der Waals surface area contributed by atoms with Crippen molar-refractivity contribution in [1.82, 2.24) is 9.47 Å². The van der Waals surface area contributed by atoms with Gasteiger partial charge in [0.1, 0.15) is 12.2 Å². The highest BCUT2D eigenvalue weighted by molar-refractivity contribution is 9.10.